The largest absolute Gasteiger partial charge is 0.332 e. The summed E-state index contributed by atoms with van der Waals surface area (Å²) in [5, 5.41) is 11.7. The van der Waals surface area contributed by atoms with Crippen LogP contribution in [0.15, 0.2) is 52.4 Å². The minimum atomic E-state index is -0.500. The van der Waals surface area contributed by atoms with Gasteiger partial charge in [-0.2, -0.15) is 10.1 Å². The lowest BCUT2D eigenvalue weighted by Crippen LogP contribution is -2.38. The molecule has 1 aromatic carbocycles. The van der Waals surface area contributed by atoms with Crippen LogP contribution in [0.5, 0.6) is 0 Å². The molecule has 0 saturated heterocycles. The van der Waals surface area contributed by atoms with Crippen LogP contribution in [0.3, 0.4) is 0 Å². The molecule has 0 unspecified atom stereocenters. The summed E-state index contributed by atoms with van der Waals surface area (Å²) in [6.45, 7) is 1.31. The Hall–Kier alpha value is -3.95. The predicted molar refractivity (Wildman–Crippen MR) is 105 cm³/mol. The molecule has 2 aromatic heterocycles. The van der Waals surface area contributed by atoms with E-state index < -0.39 is 11.7 Å². The Labute approximate surface area is 170 Å². The summed E-state index contributed by atoms with van der Waals surface area (Å²) in [6, 6.07) is 7.85. The number of carbonyl (C=O) groups excluding carboxylic acids is 2. The first kappa shape index (κ1) is 19.4. The molecule has 0 saturated carbocycles. The molecule has 1 N–H and O–H groups in total. The van der Waals surface area contributed by atoms with E-state index in [0.717, 1.165) is 10.6 Å². The number of carbonyl (C=O) groups is 2. The van der Waals surface area contributed by atoms with Gasteiger partial charge < -0.3 is 9.84 Å². The Morgan fingerprint density at radius 3 is 2.80 bits per heavy atom. The summed E-state index contributed by atoms with van der Waals surface area (Å²) < 4.78 is 18.9. The fourth-order valence-corrected chi connectivity index (χ4v) is 2.85. The van der Waals surface area contributed by atoms with E-state index in [-0.39, 0.29) is 24.8 Å². The quantitative estimate of drug-likeness (QED) is 0.694. The topological polar surface area (TPSA) is 114 Å². The van der Waals surface area contributed by atoms with E-state index in [4.69, 9.17) is 4.52 Å². The fraction of sp³-hybridized carbons (Fsp3) is 0.200. The monoisotopic (exact) mass is 408 g/mol. The number of halogens is 1. The lowest BCUT2D eigenvalue weighted by atomic mass is 10.1. The minimum Gasteiger partial charge on any atom is -0.332 e. The van der Waals surface area contributed by atoms with Gasteiger partial charge in [-0.05, 0) is 36.8 Å². The summed E-state index contributed by atoms with van der Waals surface area (Å²) in [7, 11) is 0. The van der Waals surface area contributed by atoms with Gasteiger partial charge in [0.05, 0.1) is 0 Å². The first-order valence-corrected chi connectivity index (χ1v) is 9.18. The van der Waals surface area contributed by atoms with Gasteiger partial charge in [-0.25, -0.2) is 9.40 Å². The highest BCUT2D eigenvalue weighted by Crippen LogP contribution is 2.19. The number of hydrogen-bond acceptors (Lipinski definition) is 7. The number of anilines is 1. The molecule has 4 rings (SSSR count). The molecule has 0 atom stereocenters. The molecule has 1 aliphatic heterocycles. The summed E-state index contributed by atoms with van der Waals surface area (Å²) in [6.07, 6.45) is 3.70. The van der Waals surface area contributed by atoms with Crippen LogP contribution >= 0.6 is 0 Å². The van der Waals surface area contributed by atoms with Gasteiger partial charge in [0.1, 0.15) is 18.1 Å². The van der Waals surface area contributed by atoms with Crippen molar-refractivity contribution < 1.29 is 18.5 Å². The Morgan fingerprint density at radius 2 is 2.03 bits per heavy atom. The molecular formula is C20H17FN6O3. The summed E-state index contributed by atoms with van der Waals surface area (Å²) in [5.74, 6) is -0.681. The molecule has 2 amide bonds. The third-order valence-corrected chi connectivity index (χ3v) is 4.47. The first-order valence-electron chi connectivity index (χ1n) is 9.18. The highest BCUT2D eigenvalue weighted by Gasteiger charge is 2.26. The maximum absolute atomic E-state index is 13.6. The fourth-order valence-electron chi connectivity index (χ4n) is 2.85. The number of benzene rings is 1. The van der Waals surface area contributed by atoms with Crippen molar-refractivity contribution in [2.75, 3.05) is 11.9 Å². The minimum absolute atomic E-state index is 0.151. The van der Waals surface area contributed by atoms with Crippen LogP contribution in [-0.2, 0) is 9.59 Å². The molecule has 0 spiro atoms. The summed E-state index contributed by atoms with van der Waals surface area (Å²) in [4.78, 5) is 32.7. The molecule has 3 aromatic rings. The molecule has 3 heterocycles. The number of nitrogens with zero attached hydrogens (tertiary/aromatic N) is 5. The number of nitrogens with one attached hydrogen (secondary N) is 1. The van der Waals surface area contributed by atoms with Gasteiger partial charge in [0, 0.05) is 36.5 Å². The molecule has 0 radical (unpaired) electrons. The smallest absolute Gasteiger partial charge is 0.274 e. The maximum atomic E-state index is 13.6. The van der Waals surface area contributed by atoms with E-state index in [2.05, 4.69) is 25.5 Å². The van der Waals surface area contributed by atoms with Gasteiger partial charge in [-0.3, -0.25) is 14.6 Å². The Kier molecular flexibility index (Phi) is 5.29. The normalized spacial score (nSPS) is 13.9. The van der Waals surface area contributed by atoms with Crippen molar-refractivity contribution in [3.05, 3.63) is 60.0 Å². The number of hydrazone groups is 1. The van der Waals surface area contributed by atoms with Crippen LogP contribution in [-0.4, -0.2) is 44.2 Å². The second kappa shape index (κ2) is 8.19. The zero-order chi connectivity index (χ0) is 21.1. The average Bonchev–Trinajstić information content (AvgIpc) is 3.23. The third-order valence-electron chi connectivity index (χ3n) is 4.47. The van der Waals surface area contributed by atoms with Gasteiger partial charge in [0.15, 0.2) is 0 Å². The van der Waals surface area contributed by atoms with Crippen LogP contribution in [0.25, 0.3) is 11.4 Å². The van der Waals surface area contributed by atoms with Crippen molar-refractivity contribution >= 4 is 23.2 Å². The molecule has 1 aliphatic rings. The zero-order valence-corrected chi connectivity index (χ0v) is 16.0. The van der Waals surface area contributed by atoms with Crippen molar-refractivity contribution in [1.29, 1.82) is 0 Å². The summed E-state index contributed by atoms with van der Waals surface area (Å²) in [5.41, 5.74) is 1.92. The van der Waals surface area contributed by atoms with E-state index in [9.17, 15) is 14.0 Å². The van der Waals surface area contributed by atoms with E-state index in [1.54, 1.807) is 43.6 Å². The molecule has 30 heavy (non-hydrogen) atoms. The van der Waals surface area contributed by atoms with Gasteiger partial charge >= 0.3 is 0 Å². The molecular weight excluding hydrogens is 391 g/mol. The Bertz CT molecular complexity index is 1130. The van der Waals surface area contributed by atoms with E-state index in [1.807, 2.05) is 0 Å². The van der Waals surface area contributed by atoms with Gasteiger partial charge in [-0.15, -0.1) is 0 Å². The Balaban J connectivity index is 1.47. The van der Waals surface area contributed by atoms with Crippen LogP contribution in [0.4, 0.5) is 10.1 Å². The van der Waals surface area contributed by atoms with Crippen molar-refractivity contribution in [3.63, 3.8) is 0 Å². The number of amides is 2. The van der Waals surface area contributed by atoms with Crippen LogP contribution in [0.2, 0.25) is 0 Å². The molecule has 0 aliphatic carbocycles. The van der Waals surface area contributed by atoms with Gasteiger partial charge in [0.2, 0.25) is 17.6 Å². The number of rotatable bonds is 5. The van der Waals surface area contributed by atoms with E-state index >= 15 is 0 Å². The SMILES string of the molecule is Cc1ccc(NC(=O)CN2N=C(c3nc(-c4ccncc4)no3)CCC2=O)cc1F. The van der Waals surface area contributed by atoms with Crippen molar-refractivity contribution in [1.82, 2.24) is 20.1 Å². The van der Waals surface area contributed by atoms with Crippen LogP contribution in [0, 0.1) is 12.7 Å². The van der Waals surface area contributed by atoms with Crippen LogP contribution in [0.1, 0.15) is 24.3 Å². The number of aromatic nitrogens is 3. The maximum Gasteiger partial charge on any atom is 0.274 e. The molecule has 9 nitrogen and oxygen atoms in total. The highest BCUT2D eigenvalue weighted by atomic mass is 19.1. The lowest BCUT2D eigenvalue weighted by Gasteiger charge is -2.21. The zero-order valence-electron chi connectivity index (χ0n) is 16.0. The van der Waals surface area contributed by atoms with Gasteiger partial charge in [-0.1, -0.05) is 11.2 Å². The number of pyridine rings is 1. The number of hydrogen-bond donors (Lipinski definition) is 1. The Morgan fingerprint density at radius 1 is 1.23 bits per heavy atom. The predicted octanol–water partition coefficient (Wildman–Crippen LogP) is 2.54. The second-order valence-corrected chi connectivity index (χ2v) is 6.67. The summed E-state index contributed by atoms with van der Waals surface area (Å²) >= 11 is 0. The number of aryl methyl sites for hydroxylation is 1. The molecule has 0 fully saturated rings. The van der Waals surface area contributed by atoms with Crippen LogP contribution < -0.4 is 5.32 Å². The van der Waals surface area contributed by atoms with Crippen molar-refractivity contribution in [2.45, 2.75) is 19.8 Å². The standard InChI is InChI=1S/C20H17FN6O3/c1-12-2-3-14(10-15(12)21)23-17(28)11-27-18(29)5-4-16(25-27)20-24-19(26-30-20)13-6-8-22-9-7-13/h2-3,6-10H,4-5,11H2,1H3,(H,23,28). The van der Waals surface area contributed by atoms with Gasteiger partial charge in [0.25, 0.3) is 5.89 Å². The second-order valence-electron chi connectivity index (χ2n) is 6.67. The highest BCUT2D eigenvalue weighted by molar-refractivity contribution is 6.02. The van der Waals surface area contributed by atoms with E-state index in [1.165, 1.54) is 6.07 Å². The molecule has 0 bridgehead atoms. The van der Waals surface area contributed by atoms with Crippen molar-refractivity contribution in [3.8, 4) is 11.4 Å². The third kappa shape index (κ3) is 4.22. The molecule has 10 heteroatoms. The average molecular weight is 408 g/mol. The van der Waals surface area contributed by atoms with E-state index in [0.29, 0.717) is 29.2 Å². The first-order chi connectivity index (χ1) is 14.5. The molecule has 152 valence electrons. The lowest BCUT2D eigenvalue weighted by molar-refractivity contribution is -0.135. The van der Waals surface area contributed by atoms with Crippen molar-refractivity contribution in [2.24, 2.45) is 5.10 Å².